The highest BCUT2D eigenvalue weighted by Crippen LogP contribution is 2.15. The van der Waals surface area contributed by atoms with Gasteiger partial charge in [0.25, 0.3) is 0 Å². The van der Waals surface area contributed by atoms with E-state index in [4.69, 9.17) is 0 Å². The zero-order valence-electron chi connectivity index (χ0n) is 13.3. The topological polar surface area (TPSA) is 58.2 Å². The lowest BCUT2D eigenvalue weighted by Crippen LogP contribution is -2.29. The smallest absolute Gasteiger partial charge is 0.233 e. The first-order valence-corrected chi connectivity index (χ1v) is 7.87. The van der Waals surface area contributed by atoms with E-state index >= 15 is 0 Å². The lowest BCUT2D eigenvalue weighted by atomic mass is 10.1. The van der Waals surface area contributed by atoms with E-state index in [1.807, 2.05) is 61.5 Å². The third-order valence-corrected chi connectivity index (χ3v) is 3.57. The number of carbonyl (C=O) groups is 2. The van der Waals surface area contributed by atoms with Gasteiger partial charge in [-0.1, -0.05) is 55.5 Å². The van der Waals surface area contributed by atoms with E-state index in [9.17, 15) is 9.59 Å². The molecule has 2 aromatic carbocycles. The van der Waals surface area contributed by atoms with E-state index in [1.165, 1.54) is 0 Å². The molecule has 0 radical (unpaired) electrons. The van der Waals surface area contributed by atoms with Gasteiger partial charge in [0.15, 0.2) is 0 Å². The second-order valence-electron chi connectivity index (χ2n) is 5.32. The van der Waals surface area contributed by atoms with Crippen LogP contribution in [0.2, 0.25) is 0 Å². The highest BCUT2D eigenvalue weighted by atomic mass is 16.2. The second-order valence-corrected chi connectivity index (χ2v) is 5.32. The number of rotatable bonds is 7. The first-order valence-electron chi connectivity index (χ1n) is 7.87. The Morgan fingerprint density at radius 3 is 2.35 bits per heavy atom. The van der Waals surface area contributed by atoms with Crippen molar-refractivity contribution in [2.75, 3.05) is 11.9 Å². The van der Waals surface area contributed by atoms with Gasteiger partial charge in [-0.2, -0.15) is 0 Å². The molecule has 0 heterocycles. The molecule has 23 heavy (non-hydrogen) atoms. The van der Waals surface area contributed by atoms with Gasteiger partial charge in [0.1, 0.15) is 6.42 Å². The van der Waals surface area contributed by atoms with Crippen molar-refractivity contribution in [3.8, 4) is 0 Å². The number of para-hydroxylation sites is 1. The summed E-state index contributed by atoms with van der Waals surface area (Å²) < 4.78 is 0. The van der Waals surface area contributed by atoms with Crippen molar-refractivity contribution in [2.45, 2.75) is 26.2 Å². The molecule has 0 aliphatic heterocycles. The van der Waals surface area contributed by atoms with Crippen LogP contribution in [0.15, 0.2) is 54.6 Å². The standard InChI is InChI=1S/C19H22N2O2/c1-2-16-10-6-7-11-17(16)21-19(23)14-18(22)20-13-12-15-8-4-3-5-9-15/h3-11H,2,12-14H2,1H3,(H,20,22)(H,21,23). The molecular weight excluding hydrogens is 288 g/mol. The van der Waals surface area contributed by atoms with E-state index in [1.54, 1.807) is 0 Å². The van der Waals surface area contributed by atoms with Crippen LogP contribution in [0.25, 0.3) is 0 Å². The predicted molar refractivity (Wildman–Crippen MR) is 92.2 cm³/mol. The third-order valence-electron chi connectivity index (χ3n) is 3.57. The largest absolute Gasteiger partial charge is 0.355 e. The summed E-state index contributed by atoms with van der Waals surface area (Å²) in [5, 5.41) is 5.58. The Hall–Kier alpha value is -2.62. The zero-order chi connectivity index (χ0) is 16.5. The van der Waals surface area contributed by atoms with Gasteiger partial charge in [0.05, 0.1) is 0 Å². The van der Waals surface area contributed by atoms with Crippen LogP contribution in [0.3, 0.4) is 0 Å². The van der Waals surface area contributed by atoms with Crippen LogP contribution in [0.4, 0.5) is 5.69 Å². The SMILES string of the molecule is CCc1ccccc1NC(=O)CC(=O)NCCc1ccccc1. The Morgan fingerprint density at radius 2 is 1.61 bits per heavy atom. The fourth-order valence-corrected chi connectivity index (χ4v) is 2.34. The molecule has 0 saturated heterocycles. The summed E-state index contributed by atoms with van der Waals surface area (Å²) in [5.74, 6) is -0.546. The second kappa shape index (κ2) is 8.73. The molecule has 2 amide bonds. The minimum Gasteiger partial charge on any atom is -0.355 e. The monoisotopic (exact) mass is 310 g/mol. The van der Waals surface area contributed by atoms with Gasteiger partial charge < -0.3 is 10.6 Å². The summed E-state index contributed by atoms with van der Waals surface area (Å²) in [6.07, 6.45) is 1.43. The molecule has 0 saturated carbocycles. The summed E-state index contributed by atoms with van der Waals surface area (Å²) in [5.41, 5.74) is 3.00. The van der Waals surface area contributed by atoms with Crippen molar-refractivity contribution in [3.63, 3.8) is 0 Å². The van der Waals surface area contributed by atoms with Crippen LogP contribution in [0, 0.1) is 0 Å². The predicted octanol–water partition coefficient (Wildman–Crippen LogP) is 2.94. The normalized spacial score (nSPS) is 10.1. The maximum atomic E-state index is 12.0. The maximum Gasteiger partial charge on any atom is 0.233 e. The Balaban J connectivity index is 1.75. The van der Waals surface area contributed by atoms with Crippen molar-refractivity contribution in [1.29, 1.82) is 0 Å². The molecule has 0 aliphatic carbocycles. The molecule has 0 bridgehead atoms. The summed E-state index contributed by atoms with van der Waals surface area (Å²) in [6, 6.07) is 17.5. The van der Waals surface area contributed by atoms with E-state index < -0.39 is 0 Å². The molecule has 2 rings (SSSR count). The van der Waals surface area contributed by atoms with Crippen molar-refractivity contribution in [3.05, 3.63) is 65.7 Å². The van der Waals surface area contributed by atoms with Gasteiger partial charge in [-0.15, -0.1) is 0 Å². The number of hydrogen-bond donors (Lipinski definition) is 2. The summed E-state index contributed by atoms with van der Waals surface area (Å²) in [6.45, 7) is 2.56. The van der Waals surface area contributed by atoms with Gasteiger partial charge in [0.2, 0.25) is 11.8 Å². The molecule has 4 nitrogen and oxygen atoms in total. The first kappa shape index (κ1) is 16.7. The van der Waals surface area contributed by atoms with Crippen LogP contribution in [0.1, 0.15) is 24.5 Å². The van der Waals surface area contributed by atoms with E-state index in [0.29, 0.717) is 6.54 Å². The molecule has 0 fully saturated rings. The van der Waals surface area contributed by atoms with Gasteiger partial charge in [0, 0.05) is 12.2 Å². The number of amides is 2. The number of aryl methyl sites for hydroxylation is 1. The lowest BCUT2D eigenvalue weighted by Gasteiger charge is -2.10. The third kappa shape index (κ3) is 5.58. The molecule has 2 N–H and O–H groups in total. The number of nitrogens with one attached hydrogen (secondary N) is 2. The van der Waals surface area contributed by atoms with E-state index in [0.717, 1.165) is 29.7 Å². The first-order chi connectivity index (χ1) is 11.2. The number of anilines is 1. The van der Waals surface area contributed by atoms with Crippen molar-refractivity contribution >= 4 is 17.5 Å². The molecule has 0 aliphatic rings. The minimum absolute atomic E-state index is 0.160. The van der Waals surface area contributed by atoms with Crippen LogP contribution in [-0.2, 0) is 22.4 Å². The average molecular weight is 310 g/mol. The number of benzene rings is 2. The van der Waals surface area contributed by atoms with Gasteiger partial charge in [-0.25, -0.2) is 0 Å². The van der Waals surface area contributed by atoms with Gasteiger partial charge in [-0.05, 0) is 30.0 Å². The molecule has 0 spiro atoms. The highest BCUT2D eigenvalue weighted by molar-refractivity contribution is 6.03. The Morgan fingerprint density at radius 1 is 0.913 bits per heavy atom. The van der Waals surface area contributed by atoms with Crippen LogP contribution in [-0.4, -0.2) is 18.4 Å². The number of carbonyl (C=O) groups excluding carboxylic acids is 2. The summed E-state index contributed by atoms with van der Waals surface area (Å²) in [7, 11) is 0. The summed E-state index contributed by atoms with van der Waals surface area (Å²) >= 11 is 0. The fourth-order valence-electron chi connectivity index (χ4n) is 2.34. The molecule has 2 aromatic rings. The Labute approximate surface area is 136 Å². The van der Waals surface area contributed by atoms with Crippen molar-refractivity contribution in [2.24, 2.45) is 0 Å². The van der Waals surface area contributed by atoms with Gasteiger partial charge in [-0.3, -0.25) is 9.59 Å². The molecule has 120 valence electrons. The quantitative estimate of drug-likeness (QED) is 0.773. The van der Waals surface area contributed by atoms with Crippen LogP contribution < -0.4 is 10.6 Å². The molecule has 0 unspecified atom stereocenters. The maximum absolute atomic E-state index is 12.0. The molecule has 0 atom stereocenters. The fraction of sp³-hybridized carbons (Fsp3) is 0.263. The molecule has 0 aromatic heterocycles. The van der Waals surface area contributed by atoms with Crippen molar-refractivity contribution < 1.29 is 9.59 Å². The van der Waals surface area contributed by atoms with Crippen molar-refractivity contribution in [1.82, 2.24) is 5.32 Å². The Bertz CT molecular complexity index is 653. The number of hydrogen-bond acceptors (Lipinski definition) is 2. The molecule has 4 heteroatoms. The summed E-state index contributed by atoms with van der Waals surface area (Å²) in [4.78, 5) is 23.8. The average Bonchev–Trinajstić information content (AvgIpc) is 2.56. The van der Waals surface area contributed by atoms with Gasteiger partial charge >= 0.3 is 0 Å². The van der Waals surface area contributed by atoms with E-state index in [-0.39, 0.29) is 18.2 Å². The lowest BCUT2D eigenvalue weighted by molar-refractivity contribution is -0.126. The minimum atomic E-state index is -0.289. The zero-order valence-corrected chi connectivity index (χ0v) is 13.3. The molecular formula is C19H22N2O2. The van der Waals surface area contributed by atoms with Crippen LogP contribution in [0.5, 0.6) is 0 Å². The van der Waals surface area contributed by atoms with Crippen LogP contribution >= 0.6 is 0 Å². The van der Waals surface area contributed by atoms with E-state index in [2.05, 4.69) is 10.6 Å². The Kier molecular flexibility index (Phi) is 6.36. The highest BCUT2D eigenvalue weighted by Gasteiger charge is 2.10.